The van der Waals surface area contributed by atoms with Gasteiger partial charge in [0.25, 0.3) is 0 Å². The highest BCUT2D eigenvalue weighted by Crippen LogP contribution is 2.33. The molecule has 0 amide bonds. The average Bonchev–Trinajstić information content (AvgIpc) is 2.06. The predicted octanol–water partition coefficient (Wildman–Crippen LogP) is 2.95. The van der Waals surface area contributed by atoms with E-state index >= 15 is 0 Å². The van der Waals surface area contributed by atoms with E-state index in [1.165, 1.54) is 25.7 Å². The first-order chi connectivity index (χ1) is 7.29. The molecule has 0 aromatic carbocycles. The van der Waals surface area contributed by atoms with E-state index in [4.69, 9.17) is 0 Å². The van der Waals surface area contributed by atoms with E-state index < -0.39 is 0 Å². The van der Waals surface area contributed by atoms with Gasteiger partial charge in [0.05, 0.1) is 6.10 Å². The first-order valence-corrected chi connectivity index (χ1v) is 6.75. The van der Waals surface area contributed by atoms with E-state index in [0.29, 0.717) is 5.92 Å². The molecule has 1 fully saturated rings. The molecule has 1 rings (SSSR count). The summed E-state index contributed by atoms with van der Waals surface area (Å²) in [7, 11) is 0. The van der Waals surface area contributed by atoms with Crippen molar-refractivity contribution in [3.8, 4) is 0 Å². The summed E-state index contributed by atoms with van der Waals surface area (Å²) in [5.74, 6) is 1.29. The zero-order chi connectivity index (χ0) is 12.3. The van der Waals surface area contributed by atoms with Gasteiger partial charge in [-0.3, -0.25) is 0 Å². The van der Waals surface area contributed by atoms with Crippen LogP contribution in [0.3, 0.4) is 0 Å². The molecule has 16 heavy (non-hydrogen) atoms. The van der Waals surface area contributed by atoms with Gasteiger partial charge in [-0.2, -0.15) is 0 Å². The lowest BCUT2D eigenvalue weighted by atomic mass is 9.77. The van der Waals surface area contributed by atoms with Crippen molar-refractivity contribution in [1.82, 2.24) is 5.32 Å². The molecule has 2 heteroatoms. The van der Waals surface area contributed by atoms with Crippen LogP contribution >= 0.6 is 0 Å². The van der Waals surface area contributed by atoms with E-state index in [1.54, 1.807) is 0 Å². The largest absolute Gasteiger partial charge is 0.391 e. The summed E-state index contributed by atoms with van der Waals surface area (Å²) in [6, 6.07) is 0.176. The fourth-order valence-corrected chi connectivity index (χ4v) is 2.65. The average molecular weight is 227 g/mol. The molecule has 0 radical (unpaired) electrons. The van der Waals surface area contributed by atoms with Crippen molar-refractivity contribution in [2.75, 3.05) is 0 Å². The molecular formula is C14H29NO. The molecule has 2 N–H and O–H groups in total. The summed E-state index contributed by atoms with van der Waals surface area (Å²) in [6.07, 6.45) is 5.11. The van der Waals surface area contributed by atoms with Gasteiger partial charge in [0.1, 0.15) is 0 Å². The van der Waals surface area contributed by atoms with Crippen LogP contribution < -0.4 is 5.32 Å². The van der Waals surface area contributed by atoms with Gasteiger partial charge in [-0.05, 0) is 46.0 Å². The Morgan fingerprint density at radius 3 is 2.19 bits per heavy atom. The maximum absolute atomic E-state index is 10.3. The summed E-state index contributed by atoms with van der Waals surface area (Å²) < 4.78 is 0. The molecule has 0 bridgehead atoms. The molecule has 0 aromatic rings. The molecule has 2 nitrogen and oxygen atoms in total. The molecule has 3 atom stereocenters. The van der Waals surface area contributed by atoms with Gasteiger partial charge < -0.3 is 10.4 Å². The standard InChI is InChI=1S/C14H29NO/c1-10(9-12-7-6-8-12)13(16)11(2)15-14(3,4)5/h10-13,15-16H,6-9H2,1-5H3. The topological polar surface area (TPSA) is 32.3 Å². The van der Waals surface area contributed by atoms with Crippen LogP contribution in [0.15, 0.2) is 0 Å². The molecule has 1 aliphatic carbocycles. The lowest BCUT2D eigenvalue weighted by molar-refractivity contribution is 0.0536. The minimum atomic E-state index is -0.222. The fraction of sp³-hybridized carbons (Fsp3) is 1.00. The van der Waals surface area contributed by atoms with Gasteiger partial charge in [-0.25, -0.2) is 0 Å². The first kappa shape index (κ1) is 14.0. The Morgan fingerprint density at radius 1 is 1.25 bits per heavy atom. The molecule has 0 aliphatic heterocycles. The summed E-state index contributed by atoms with van der Waals surface area (Å²) in [4.78, 5) is 0. The highest BCUT2D eigenvalue weighted by atomic mass is 16.3. The SMILES string of the molecule is CC(CC1CCC1)C(O)C(C)NC(C)(C)C. The third-order valence-corrected chi connectivity index (χ3v) is 3.69. The molecular weight excluding hydrogens is 198 g/mol. The Kier molecular flexibility index (Phi) is 4.81. The Hall–Kier alpha value is -0.0800. The van der Waals surface area contributed by atoms with Crippen molar-refractivity contribution < 1.29 is 5.11 Å². The molecule has 0 saturated heterocycles. The van der Waals surface area contributed by atoms with Gasteiger partial charge in [0.2, 0.25) is 0 Å². The highest BCUT2D eigenvalue weighted by Gasteiger charge is 2.28. The van der Waals surface area contributed by atoms with E-state index in [-0.39, 0.29) is 17.7 Å². The number of nitrogens with one attached hydrogen (secondary N) is 1. The van der Waals surface area contributed by atoms with Gasteiger partial charge >= 0.3 is 0 Å². The monoisotopic (exact) mass is 227 g/mol. The number of aliphatic hydroxyl groups is 1. The second-order valence-electron chi connectivity index (χ2n) is 6.68. The Labute approximate surface area is 101 Å². The van der Waals surface area contributed by atoms with Crippen LogP contribution in [0.4, 0.5) is 0 Å². The second kappa shape index (κ2) is 5.50. The second-order valence-corrected chi connectivity index (χ2v) is 6.68. The van der Waals surface area contributed by atoms with Crippen molar-refractivity contribution in [2.45, 2.75) is 78.0 Å². The van der Waals surface area contributed by atoms with Crippen molar-refractivity contribution in [3.63, 3.8) is 0 Å². The minimum absolute atomic E-state index is 0.0799. The number of hydrogen-bond donors (Lipinski definition) is 2. The van der Waals surface area contributed by atoms with Crippen LogP contribution in [0.1, 0.15) is 60.3 Å². The molecule has 1 saturated carbocycles. The van der Waals surface area contributed by atoms with Crippen molar-refractivity contribution in [2.24, 2.45) is 11.8 Å². The first-order valence-electron chi connectivity index (χ1n) is 6.75. The lowest BCUT2D eigenvalue weighted by Gasteiger charge is -2.35. The quantitative estimate of drug-likeness (QED) is 0.757. The van der Waals surface area contributed by atoms with E-state index in [1.807, 2.05) is 0 Å². The van der Waals surface area contributed by atoms with Gasteiger partial charge in [-0.15, -0.1) is 0 Å². The Morgan fingerprint density at radius 2 is 1.81 bits per heavy atom. The van der Waals surface area contributed by atoms with E-state index in [0.717, 1.165) is 5.92 Å². The molecule has 3 unspecified atom stereocenters. The normalized spacial score (nSPS) is 23.6. The number of hydrogen-bond acceptors (Lipinski definition) is 2. The smallest absolute Gasteiger partial charge is 0.0716 e. The van der Waals surface area contributed by atoms with E-state index in [9.17, 15) is 5.11 Å². The lowest BCUT2D eigenvalue weighted by Crippen LogP contribution is -2.49. The maximum atomic E-state index is 10.3. The van der Waals surface area contributed by atoms with Gasteiger partial charge in [0.15, 0.2) is 0 Å². The van der Waals surface area contributed by atoms with Crippen LogP contribution in [-0.2, 0) is 0 Å². The summed E-state index contributed by atoms with van der Waals surface area (Å²) in [5, 5.41) is 13.7. The zero-order valence-electron chi connectivity index (χ0n) is 11.6. The van der Waals surface area contributed by atoms with Crippen molar-refractivity contribution >= 4 is 0 Å². The van der Waals surface area contributed by atoms with Gasteiger partial charge in [-0.1, -0.05) is 26.2 Å². The van der Waals surface area contributed by atoms with Crippen LogP contribution in [0.5, 0.6) is 0 Å². The van der Waals surface area contributed by atoms with Gasteiger partial charge in [0, 0.05) is 11.6 Å². The minimum Gasteiger partial charge on any atom is -0.391 e. The van der Waals surface area contributed by atoms with Crippen molar-refractivity contribution in [3.05, 3.63) is 0 Å². The molecule has 0 spiro atoms. The summed E-state index contributed by atoms with van der Waals surface area (Å²) in [6.45, 7) is 10.7. The predicted molar refractivity (Wildman–Crippen MR) is 69.5 cm³/mol. The Bertz CT molecular complexity index is 205. The van der Waals surface area contributed by atoms with Crippen LogP contribution in [0.2, 0.25) is 0 Å². The molecule has 0 heterocycles. The van der Waals surface area contributed by atoms with Crippen LogP contribution in [0.25, 0.3) is 0 Å². The number of aliphatic hydroxyl groups excluding tert-OH is 1. The van der Waals surface area contributed by atoms with Crippen molar-refractivity contribution in [1.29, 1.82) is 0 Å². The molecule has 1 aliphatic rings. The molecule has 0 aromatic heterocycles. The molecule has 96 valence electrons. The fourth-order valence-electron chi connectivity index (χ4n) is 2.65. The zero-order valence-corrected chi connectivity index (χ0v) is 11.6. The van der Waals surface area contributed by atoms with Crippen LogP contribution in [-0.4, -0.2) is 22.8 Å². The third-order valence-electron chi connectivity index (χ3n) is 3.69. The Balaban J connectivity index is 2.33. The van der Waals surface area contributed by atoms with E-state index in [2.05, 4.69) is 39.9 Å². The maximum Gasteiger partial charge on any atom is 0.0716 e. The summed E-state index contributed by atoms with van der Waals surface area (Å²) >= 11 is 0. The van der Waals surface area contributed by atoms with Crippen LogP contribution in [0, 0.1) is 11.8 Å². The third kappa shape index (κ3) is 4.42. The number of rotatable bonds is 5. The summed E-state index contributed by atoms with van der Waals surface area (Å²) in [5.41, 5.74) is 0.0799. The highest BCUT2D eigenvalue weighted by molar-refractivity contribution is 4.84.